The second kappa shape index (κ2) is 8.61. The van der Waals surface area contributed by atoms with Gasteiger partial charge in [-0.3, -0.25) is 10.1 Å². The highest BCUT2D eigenvalue weighted by Gasteiger charge is 2.26. The van der Waals surface area contributed by atoms with Gasteiger partial charge in [-0.25, -0.2) is 9.97 Å². The number of rotatable bonds is 7. The van der Waals surface area contributed by atoms with Crippen molar-refractivity contribution in [3.05, 3.63) is 16.4 Å². The Kier molecular flexibility index (Phi) is 6.52. The standard InChI is InChI=1S/C15H25N5O3/c1-11(9-23-2)18-14-13(20(21)22)15(17-10-16-14)19-12-7-5-3-4-6-8-12/h10-12H,3-9H2,1-2H3,(H2,16,17,18,19). The van der Waals surface area contributed by atoms with Crippen molar-refractivity contribution in [1.29, 1.82) is 0 Å². The number of ether oxygens (including phenoxy) is 1. The van der Waals surface area contributed by atoms with Crippen LogP contribution in [0.15, 0.2) is 6.33 Å². The average Bonchev–Trinajstić information content (AvgIpc) is 2.76. The molecule has 2 rings (SSSR count). The summed E-state index contributed by atoms with van der Waals surface area (Å²) in [5.74, 6) is 0.523. The van der Waals surface area contributed by atoms with Gasteiger partial charge >= 0.3 is 5.69 Å². The minimum Gasteiger partial charge on any atom is -0.383 e. The Morgan fingerprint density at radius 3 is 2.57 bits per heavy atom. The smallest absolute Gasteiger partial charge is 0.353 e. The van der Waals surface area contributed by atoms with Crippen LogP contribution >= 0.6 is 0 Å². The zero-order chi connectivity index (χ0) is 16.7. The summed E-state index contributed by atoms with van der Waals surface area (Å²) >= 11 is 0. The van der Waals surface area contributed by atoms with Gasteiger partial charge < -0.3 is 15.4 Å². The molecular weight excluding hydrogens is 298 g/mol. The first kappa shape index (κ1) is 17.4. The van der Waals surface area contributed by atoms with Crippen LogP contribution in [-0.2, 0) is 4.74 Å². The van der Waals surface area contributed by atoms with Gasteiger partial charge in [0.2, 0.25) is 11.6 Å². The highest BCUT2D eigenvalue weighted by atomic mass is 16.6. The Morgan fingerprint density at radius 2 is 1.96 bits per heavy atom. The van der Waals surface area contributed by atoms with Gasteiger partial charge in [-0.15, -0.1) is 0 Å². The third kappa shape index (κ3) is 5.02. The van der Waals surface area contributed by atoms with E-state index in [-0.39, 0.29) is 23.6 Å². The van der Waals surface area contributed by atoms with Crippen molar-refractivity contribution in [1.82, 2.24) is 9.97 Å². The van der Waals surface area contributed by atoms with Gasteiger partial charge in [0.15, 0.2) is 0 Å². The first-order valence-corrected chi connectivity index (χ1v) is 8.13. The zero-order valence-corrected chi connectivity index (χ0v) is 13.7. The molecule has 8 nitrogen and oxygen atoms in total. The fourth-order valence-corrected chi connectivity index (χ4v) is 2.91. The van der Waals surface area contributed by atoms with Crippen LogP contribution in [0.1, 0.15) is 45.4 Å². The second-order valence-electron chi connectivity index (χ2n) is 6.01. The van der Waals surface area contributed by atoms with Crippen molar-refractivity contribution in [2.45, 2.75) is 57.5 Å². The van der Waals surface area contributed by atoms with Crippen molar-refractivity contribution in [2.24, 2.45) is 0 Å². The summed E-state index contributed by atoms with van der Waals surface area (Å²) in [5, 5.41) is 17.8. The maximum Gasteiger partial charge on any atom is 0.353 e. The van der Waals surface area contributed by atoms with Gasteiger partial charge in [0, 0.05) is 19.2 Å². The Labute approximate surface area is 136 Å². The van der Waals surface area contributed by atoms with E-state index in [0.29, 0.717) is 12.4 Å². The van der Waals surface area contributed by atoms with Gasteiger partial charge in [-0.1, -0.05) is 25.7 Å². The number of anilines is 2. The van der Waals surface area contributed by atoms with E-state index >= 15 is 0 Å². The monoisotopic (exact) mass is 323 g/mol. The van der Waals surface area contributed by atoms with Crippen LogP contribution in [0.2, 0.25) is 0 Å². The molecule has 1 aromatic rings. The molecule has 0 saturated heterocycles. The number of aromatic nitrogens is 2. The molecule has 1 aliphatic carbocycles. The fourth-order valence-electron chi connectivity index (χ4n) is 2.91. The van der Waals surface area contributed by atoms with E-state index in [0.717, 1.165) is 25.7 Å². The van der Waals surface area contributed by atoms with Crippen LogP contribution in [0.3, 0.4) is 0 Å². The molecule has 0 spiro atoms. The Hall–Kier alpha value is -1.96. The molecule has 1 heterocycles. The summed E-state index contributed by atoms with van der Waals surface area (Å²) < 4.78 is 5.05. The third-order valence-corrected chi connectivity index (χ3v) is 4.00. The van der Waals surface area contributed by atoms with Gasteiger partial charge in [0.05, 0.1) is 11.5 Å². The molecule has 23 heavy (non-hydrogen) atoms. The molecule has 1 aliphatic rings. The first-order valence-electron chi connectivity index (χ1n) is 8.13. The molecule has 0 bridgehead atoms. The van der Waals surface area contributed by atoms with Gasteiger partial charge in [-0.05, 0) is 19.8 Å². The second-order valence-corrected chi connectivity index (χ2v) is 6.01. The zero-order valence-electron chi connectivity index (χ0n) is 13.7. The molecule has 128 valence electrons. The molecule has 0 radical (unpaired) electrons. The van der Waals surface area contributed by atoms with Gasteiger partial charge in [0.25, 0.3) is 0 Å². The van der Waals surface area contributed by atoms with Gasteiger partial charge in [0.1, 0.15) is 6.33 Å². The van der Waals surface area contributed by atoms with Crippen LogP contribution in [-0.4, -0.2) is 40.7 Å². The minimum absolute atomic E-state index is 0.0840. The summed E-state index contributed by atoms with van der Waals surface area (Å²) in [5.41, 5.74) is -0.0975. The lowest BCUT2D eigenvalue weighted by atomic mass is 10.1. The van der Waals surface area contributed by atoms with E-state index < -0.39 is 4.92 Å². The number of hydrogen-bond acceptors (Lipinski definition) is 7. The van der Waals surface area contributed by atoms with Crippen LogP contribution in [0.25, 0.3) is 0 Å². The molecule has 1 fully saturated rings. The molecule has 0 amide bonds. The lowest BCUT2D eigenvalue weighted by molar-refractivity contribution is -0.383. The molecule has 1 atom stereocenters. The summed E-state index contributed by atoms with van der Waals surface area (Å²) in [6.07, 6.45) is 8.14. The van der Waals surface area contributed by atoms with E-state index in [1.54, 1.807) is 7.11 Å². The van der Waals surface area contributed by atoms with E-state index in [1.807, 2.05) is 6.92 Å². The Bertz CT molecular complexity index is 518. The molecule has 1 unspecified atom stereocenters. The Balaban J connectivity index is 2.19. The van der Waals surface area contributed by atoms with Crippen molar-refractivity contribution < 1.29 is 9.66 Å². The number of nitro groups is 1. The first-order chi connectivity index (χ1) is 11.1. The van der Waals surface area contributed by atoms with Crippen LogP contribution < -0.4 is 10.6 Å². The van der Waals surface area contributed by atoms with Crippen LogP contribution in [0, 0.1) is 10.1 Å². The SMILES string of the molecule is COCC(C)Nc1ncnc(NC2CCCCCC2)c1[N+](=O)[O-]. The topological polar surface area (TPSA) is 102 Å². The Morgan fingerprint density at radius 1 is 1.30 bits per heavy atom. The van der Waals surface area contributed by atoms with E-state index in [2.05, 4.69) is 20.6 Å². The molecule has 8 heteroatoms. The molecule has 2 N–H and O–H groups in total. The highest BCUT2D eigenvalue weighted by molar-refractivity contribution is 5.69. The van der Waals surface area contributed by atoms with Gasteiger partial charge in [-0.2, -0.15) is 0 Å². The summed E-state index contributed by atoms with van der Waals surface area (Å²) in [7, 11) is 1.59. The highest BCUT2D eigenvalue weighted by Crippen LogP contribution is 2.31. The number of nitrogens with one attached hydrogen (secondary N) is 2. The fraction of sp³-hybridized carbons (Fsp3) is 0.733. The van der Waals surface area contributed by atoms with Crippen molar-refractivity contribution in [2.75, 3.05) is 24.4 Å². The minimum atomic E-state index is -0.430. The van der Waals surface area contributed by atoms with E-state index in [4.69, 9.17) is 4.74 Å². The molecule has 0 aliphatic heterocycles. The quantitative estimate of drug-likeness (QED) is 0.452. The maximum absolute atomic E-state index is 11.5. The predicted molar refractivity (Wildman–Crippen MR) is 88.8 cm³/mol. The lowest BCUT2D eigenvalue weighted by Gasteiger charge is -2.18. The largest absolute Gasteiger partial charge is 0.383 e. The normalized spacial score (nSPS) is 17.3. The van der Waals surface area contributed by atoms with E-state index in [9.17, 15) is 10.1 Å². The number of hydrogen-bond donors (Lipinski definition) is 2. The van der Waals surface area contributed by atoms with Crippen molar-refractivity contribution >= 4 is 17.3 Å². The van der Waals surface area contributed by atoms with Crippen molar-refractivity contribution in [3.63, 3.8) is 0 Å². The van der Waals surface area contributed by atoms with Crippen molar-refractivity contribution in [3.8, 4) is 0 Å². The maximum atomic E-state index is 11.5. The van der Waals surface area contributed by atoms with E-state index in [1.165, 1.54) is 19.2 Å². The molecule has 1 saturated carbocycles. The third-order valence-electron chi connectivity index (χ3n) is 4.00. The summed E-state index contributed by atoms with van der Waals surface area (Å²) in [4.78, 5) is 19.2. The molecule has 0 aromatic carbocycles. The molecule has 1 aromatic heterocycles. The number of methoxy groups -OCH3 is 1. The lowest BCUT2D eigenvalue weighted by Crippen LogP contribution is -2.24. The van der Waals surface area contributed by atoms with Crippen LogP contribution in [0.5, 0.6) is 0 Å². The summed E-state index contributed by atoms with van der Waals surface area (Å²) in [6, 6.07) is 0.148. The average molecular weight is 323 g/mol. The number of nitrogens with zero attached hydrogens (tertiary/aromatic N) is 3. The van der Waals surface area contributed by atoms with Crippen LogP contribution in [0.4, 0.5) is 17.3 Å². The summed E-state index contributed by atoms with van der Waals surface area (Å²) in [6.45, 7) is 2.32. The predicted octanol–water partition coefficient (Wildman–Crippen LogP) is 2.97. The molecular formula is C15H25N5O3.